The molecule has 3 amide bonds. The number of imide groups is 1. The lowest BCUT2D eigenvalue weighted by molar-refractivity contribution is -0.152. The van der Waals surface area contributed by atoms with Crippen molar-refractivity contribution in [1.29, 1.82) is 0 Å². The molecule has 0 saturated carbocycles. The molecule has 7 nitrogen and oxygen atoms in total. The van der Waals surface area contributed by atoms with Gasteiger partial charge in [-0.2, -0.15) is 0 Å². The Morgan fingerprint density at radius 1 is 1.10 bits per heavy atom. The minimum atomic E-state index is -0.703. The zero-order valence-corrected chi connectivity index (χ0v) is 11.8. The van der Waals surface area contributed by atoms with Gasteiger partial charge in [0.2, 0.25) is 0 Å². The van der Waals surface area contributed by atoms with Crippen molar-refractivity contribution in [1.82, 2.24) is 10.6 Å². The van der Waals surface area contributed by atoms with Crippen LogP contribution < -0.4 is 10.6 Å². The van der Waals surface area contributed by atoms with Gasteiger partial charge < -0.3 is 14.8 Å². The molecule has 0 spiro atoms. The molecule has 0 unspecified atom stereocenters. The lowest BCUT2D eigenvalue weighted by atomic mass is 10.2. The molecular weight excluding hydrogens is 276 g/mol. The first-order valence-electron chi connectivity index (χ1n) is 6.46. The number of urea groups is 1. The van der Waals surface area contributed by atoms with Crippen molar-refractivity contribution in [2.75, 3.05) is 19.8 Å². The van der Waals surface area contributed by atoms with E-state index in [0.29, 0.717) is 13.2 Å². The van der Waals surface area contributed by atoms with E-state index in [0.717, 1.165) is 5.56 Å². The monoisotopic (exact) mass is 294 g/mol. The number of amides is 3. The number of hydrogen-bond acceptors (Lipinski definition) is 5. The molecule has 7 heteroatoms. The summed E-state index contributed by atoms with van der Waals surface area (Å²) in [4.78, 5) is 33.9. The molecule has 0 bridgehead atoms. The van der Waals surface area contributed by atoms with Crippen LogP contribution >= 0.6 is 0 Å². The van der Waals surface area contributed by atoms with Crippen LogP contribution in [0.4, 0.5) is 4.79 Å². The standard InChI is InChI=1S/C14H18N2O5/c1-2-20-10-13(18)21-9-12(17)16-14(19)15-8-11-6-4-3-5-7-11/h3-7H,2,8-10H2,1H3,(H2,15,16,17,19). The number of rotatable bonds is 7. The molecule has 114 valence electrons. The summed E-state index contributed by atoms with van der Waals surface area (Å²) in [6.45, 7) is 1.67. The second kappa shape index (κ2) is 9.49. The molecule has 0 heterocycles. The van der Waals surface area contributed by atoms with E-state index in [9.17, 15) is 14.4 Å². The van der Waals surface area contributed by atoms with Crippen molar-refractivity contribution in [3.8, 4) is 0 Å². The molecule has 0 radical (unpaired) electrons. The Labute approximate surface area is 122 Å². The molecule has 0 saturated heterocycles. The van der Waals surface area contributed by atoms with Gasteiger partial charge in [-0.25, -0.2) is 9.59 Å². The van der Waals surface area contributed by atoms with Gasteiger partial charge in [-0.15, -0.1) is 0 Å². The molecule has 0 fully saturated rings. The number of carbonyl (C=O) groups is 3. The first-order valence-corrected chi connectivity index (χ1v) is 6.46. The molecular formula is C14H18N2O5. The Morgan fingerprint density at radius 3 is 2.48 bits per heavy atom. The van der Waals surface area contributed by atoms with E-state index in [4.69, 9.17) is 4.74 Å². The SMILES string of the molecule is CCOCC(=O)OCC(=O)NC(=O)NCc1ccccc1. The largest absolute Gasteiger partial charge is 0.454 e. The van der Waals surface area contributed by atoms with Crippen molar-refractivity contribution in [2.24, 2.45) is 0 Å². The average molecular weight is 294 g/mol. The van der Waals surface area contributed by atoms with Crippen LogP contribution in [0.1, 0.15) is 12.5 Å². The number of carbonyl (C=O) groups excluding carboxylic acids is 3. The van der Waals surface area contributed by atoms with Crippen molar-refractivity contribution in [3.05, 3.63) is 35.9 Å². The van der Waals surface area contributed by atoms with E-state index < -0.39 is 24.5 Å². The van der Waals surface area contributed by atoms with E-state index in [2.05, 4.69) is 15.4 Å². The van der Waals surface area contributed by atoms with Gasteiger partial charge in [-0.1, -0.05) is 30.3 Å². The first-order chi connectivity index (χ1) is 10.1. The fraction of sp³-hybridized carbons (Fsp3) is 0.357. The van der Waals surface area contributed by atoms with Gasteiger partial charge in [0.15, 0.2) is 6.61 Å². The molecule has 0 aliphatic heterocycles. The van der Waals surface area contributed by atoms with E-state index in [1.807, 2.05) is 30.3 Å². The lowest BCUT2D eigenvalue weighted by Gasteiger charge is -2.07. The summed E-state index contributed by atoms with van der Waals surface area (Å²) in [6, 6.07) is 8.60. The third kappa shape index (κ3) is 7.68. The highest BCUT2D eigenvalue weighted by molar-refractivity contribution is 5.95. The van der Waals surface area contributed by atoms with E-state index in [1.165, 1.54) is 0 Å². The number of hydrogen-bond donors (Lipinski definition) is 2. The molecule has 0 aliphatic carbocycles. The lowest BCUT2D eigenvalue weighted by Crippen LogP contribution is -2.41. The Hall–Kier alpha value is -2.41. The molecule has 0 atom stereocenters. The first kappa shape index (κ1) is 16.6. The third-order valence-corrected chi connectivity index (χ3v) is 2.34. The average Bonchev–Trinajstić information content (AvgIpc) is 2.50. The summed E-state index contributed by atoms with van der Waals surface area (Å²) in [5.74, 6) is -1.36. The minimum Gasteiger partial charge on any atom is -0.454 e. The van der Waals surface area contributed by atoms with Gasteiger partial charge in [0.05, 0.1) is 0 Å². The van der Waals surface area contributed by atoms with E-state index >= 15 is 0 Å². The Bertz CT molecular complexity index is 476. The summed E-state index contributed by atoms with van der Waals surface area (Å²) in [5.41, 5.74) is 0.906. The highest BCUT2D eigenvalue weighted by atomic mass is 16.6. The molecule has 1 aromatic carbocycles. The predicted octanol–water partition coefficient (Wildman–Crippen LogP) is 0.592. The maximum absolute atomic E-state index is 11.4. The van der Waals surface area contributed by atoms with Crippen LogP contribution in [0, 0.1) is 0 Å². The Balaban J connectivity index is 2.19. The summed E-state index contributed by atoms with van der Waals surface area (Å²) in [6.07, 6.45) is 0. The third-order valence-electron chi connectivity index (χ3n) is 2.34. The van der Waals surface area contributed by atoms with Gasteiger partial charge in [-0.3, -0.25) is 10.1 Å². The van der Waals surface area contributed by atoms with Crippen molar-refractivity contribution >= 4 is 17.9 Å². The second-order valence-electron chi connectivity index (χ2n) is 4.01. The topological polar surface area (TPSA) is 93.7 Å². The van der Waals surface area contributed by atoms with Crippen molar-refractivity contribution in [3.63, 3.8) is 0 Å². The van der Waals surface area contributed by atoms with Gasteiger partial charge in [0.1, 0.15) is 6.61 Å². The fourth-order valence-corrected chi connectivity index (χ4v) is 1.36. The smallest absolute Gasteiger partial charge is 0.332 e. The Morgan fingerprint density at radius 2 is 1.81 bits per heavy atom. The van der Waals surface area contributed by atoms with Crippen molar-refractivity contribution < 1.29 is 23.9 Å². The van der Waals surface area contributed by atoms with Gasteiger partial charge >= 0.3 is 12.0 Å². The summed E-state index contributed by atoms with van der Waals surface area (Å²) in [7, 11) is 0. The van der Waals surface area contributed by atoms with Gasteiger partial charge in [-0.05, 0) is 12.5 Å². The second-order valence-corrected chi connectivity index (χ2v) is 4.01. The van der Waals surface area contributed by atoms with Gasteiger partial charge in [0.25, 0.3) is 5.91 Å². The zero-order valence-electron chi connectivity index (χ0n) is 11.8. The molecule has 0 aliphatic rings. The zero-order chi connectivity index (χ0) is 15.5. The number of benzene rings is 1. The molecule has 0 aromatic heterocycles. The molecule has 1 aromatic rings. The maximum Gasteiger partial charge on any atom is 0.332 e. The molecule has 21 heavy (non-hydrogen) atoms. The normalized spacial score (nSPS) is 9.76. The number of ether oxygens (including phenoxy) is 2. The maximum atomic E-state index is 11.4. The Kier molecular flexibility index (Phi) is 7.52. The van der Waals surface area contributed by atoms with E-state index in [1.54, 1.807) is 6.92 Å². The van der Waals surface area contributed by atoms with Crippen LogP contribution in [0.3, 0.4) is 0 Å². The molecule has 1 rings (SSSR count). The molecule has 2 N–H and O–H groups in total. The summed E-state index contributed by atoms with van der Waals surface area (Å²) >= 11 is 0. The van der Waals surface area contributed by atoms with Crippen LogP contribution in [0.5, 0.6) is 0 Å². The van der Waals surface area contributed by atoms with Crippen LogP contribution in [0.15, 0.2) is 30.3 Å². The van der Waals surface area contributed by atoms with Crippen LogP contribution in [0.25, 0.3) is 0 Å². The highest BCUT2D eigenvalue weighted by Crippen LogP contribution is 1.96. The quantitative estimate of drug-likeness (QED) is 0.718. The van der Waals surface area contributed by atoms with Crippen LogP contribution in [-0.4, -0.2) is 37.7 Å². The minimum absolute atomic E-state index is 0.218. The number of esters is 1. The van der Waals surface area contributed by atoms with Crippen LogP contribution in [-0.2, 0) is 25.6 Å². The number of nitrogens with one attached hydrogen (secondary N) is 2. The summed E-state index contributed by atoms with van der Waals surface area (Å²) < 4.78 is 9.42. The van der Waals surface area contributed by atoms with Gasteiger partial charge in [0, 0.05) is 13.2 Å². The predicted molar refractivity (Wildman–Crippen MR) is 74.3 cm³/mol. The fourth-order valence-electron chi connectivity index (χ4n) is 1.36. The highest BCUT2D eigenvalue weighted by Gasteiger charge is 2.10. The van der Waals surface area contributed by atoms with E-state index in [-0.39, 0.29) is 6.61 Å². The summed E-state index contributed by atoms with van der Waals surface area (Å²) in [5, 5.41) is 4.57. The van der Waals surface area contributed by atoms with Crippen molar-refractivity contribution in [2.45, 2.75) is 13.5 Å². The van der Waals surface area contributed by atoms with Crippen LogP contribution in [0.2, 0.25) is 0 Å².